The Kier molecular flexibility index (Phi) is 12.6. The molecule has 0 bridgehead atoms. The first kappa shape index (κ1) is 37.3. The van der Waals surface area contributed by atoms with Gasteiger partial charge in [0.25, 0.3) is 5.91 Å². The van der Waals surface area contributed by atoms with Gasteiger partial charge < -0.3 is 43.3 Å². The smallest absolute Gasteiger partial charge is 0.419 e. The number of aliphatic hydroxyl groups excluding tert-OH is 1. The van der Waals surface area contributed by atoms with Crippen LogP contribution in [0.15, 0.2) is 30.9 Å². The van der Waals surface area contributed by atoms with Crippen molar-refractivity contribution in [1.82, 2.24) is 14.9 Å². The molecule has 0 aliphatic carbocycles. The molecule has 256 valence electrons. The SMILES string of the molecule is C=C1C[C@](OC)([C@H](O)C(=O)N[C@@H](OC)[C@@H]2CC(O[Si](C)(C)C)C(C)(C)[C@@H](C[C@@H](COC(=O)n3ccnc3)OC)O2)O[C@H](C)[C@@H]1C. The van der Waals surface area contributed by atoms with E-state index in [1.54, 1.807) is 7.11 Å². The van der Waals surface area contributed by atoms with E-state index in [9.17, 15) is 14.7 Å². The number of aromatic nitrogens is 2. The van der Waals surface area contributed by atoms with Crippen LogP contribution in [0.25, 0.3) is 0 Å². The van der Waals surface area contributed by atoms with Crippen LogP contribution >= 0.6 is 0 Å². The van der Waals surface area contributed by atoms with Gasteiger partial charge in [-0.25, -0.2) is 14.3 Å². The number of nitrogens with zero attached hydrogens (tertiary/aromatic N) is 2. The summed E-state index contributed by atoms with van der Waals surface area (Å²) in [7, 11) is 2.38. The Morgan fingerprint density at radius 1 is 1.22 bits per heavy atom. The second kappa shape index (κ2) is 15.2. The van der Waals surface area contributed by atoms with Crippen LogP contribution in [0.3, 0.4) is 0 Å². The number of hydrogen-bond donors (Lipinski definition) is 2. The van der Waals surface area contributed by atoms with Crippen LogP contribution in [0.5, 0.6) is 0 Å². The maximum Gasteiger partial charge on any atom is 0.419 e. The van der Waals surface area contributed by atoms with Gasteiger partial charge in [-0.1, -0.05) is 32.9 Å². The molecule has 2 N–H and O–H groups in total. The quantitative estimate of drug-likeness (QED) is 0.183. The Bertz CT molecular complexity index is 1140. The van der Waals surface area contributed by atoms with Crippen molar-refractivity contribution < 1.29 is 47.5 Å². The summed E-state index contributed by atoms with van der Waals surface area (Å²) in [6.07, 6.45) is -0.00216. The molecule has 0 spiro atoms. The van der Waals surface area contributed by atoms with Crippen molar-refractivity contribution >= 4 is 20.3 Å². The van der Waals surface area contributed by atoms with Crippen LogP contribution in [-0.2, 0) is 37.6 Å². The molecule has 14 heteroatoms. The molecule has 2 aliphatic rings. The highest BCUT2D eigenvalue weighted by atomic mass is 28.4. The van der Waals surface area contributed by atoms with E-state index in [4.69, 9.17) is 32.8 Å². The van der Waals surface area contributed by atoms with Gasteiger partial charge in [-0.05, 0) is 26.6 Å². The van der Waals surface area contributed by atoms with Crippen LogP contribution < -0.4 is 5.32 Å². The molecule has 2 saturated heterocycles. The van der Waals surface area contributed by atoms with Crippen molar-refractivity contribution in [2.75, 3.05) is 27.9 Å². The normalized spacial score (nSPS) is 30.7. The van der Waals surface area contributed by atoms with Gasteiger partial charge in [-0.2, -0.15) is 0 Å². The summed E-state index contributed by atoms with van der Waals surface area (Å²) in [5.41, 5.74) is 0.341. The number of carbonyl (C=O) groups excluding carboxylic acids is 2. The highest BCUT2D eigenvalue weighted by molar-refractivity contribution is 6.69. The Morgan fingerprint density at radius 2 is 1.91 bits per heavy atom. The third-order valence-electron chi connectivity index (χ3n) is 8.95. The lowest BCUT2D eigenvalue weighted by atomic mass is 9.74. The maximum absolute atomic E-state index is 13.5. The molecule has 3 heterocycles. The van der Waals surface area contributed by atoms with Crippen molar-refractivity contribution in [3.8, 4) is 0 Å². The minimum atomic E-state index is -2.03. The molecule has 1 aromatic heterocycles. The lowest BCUT2D eigenvalue weighted by Gasteiger charge is -2.51. The van der Waals surface area contributed by atoms with Crippen molar-refractivity contribution in [2.24, 2.45) is 11.3 Å². The number of hydrogen-bond acceptors (Lipinski definition) is 11. The second-order valence-corrected chi connectivity index (χ2v) is 18.1. The lowest BCUT2D eigenvalue weighted by molar-refractivity contribution is -0.298. The van der Waals surface area contributed by atoms with E-state index in [0.717, 1.165) is 5.57 Å². The number of amides is 1. The number of aliphatic hydroxyl groups is 1. The molecule has 13 nitrogen and oxygen atoms in total. The second-order valence-electron chi connectivity index (χ2n) is 13.6. The van der Waals surface area contributed by atoms with E-state index < -0.39 is 62.2 Å². The number of rotatable bonds is 13. The Hall–Kier alpha value is -2.17. The zero-order valence-corrected chi connectivity index (χ0v) is 29.4. The van der Waals surface area contributed by atoms with Crippen molar-refractivity contribution in [1.29, 1.82) is 0 Å². The molecule has 2 aliphatic heterocycles. The van der Waals surface area contributed by atoms with Crippen LogP contribution in [0.4, 0.5) is 4.79 Å². The summed E-state index contributed by atoms with van der Waals surface area (Å²) >= 11 is 0. The molecule has 9 atom stereocenters. The molecule has 0 radical (unpaired) electrons. The van der Waals surface area contributed by atoms with Crippen molar-refractivity contribution in [2.45, 2.75) is 115 Å². The average molecular weight is 656 g/mol. The zero-order valence-electron chi connectivity index (χ0n) is 28.4. The predicted molar refractivity (Wildman–Crippen MR) is 168 cm³/mol. The Labute approximate surface area is 268 Å². The number of imidazole rings is 1. The summed E-state index contributed by atoms with van der Waals surface area (Å²) < 4.78 is 43.1. The zero-order chi connectivity index (χ0) is 33.7. The van der Waals surface area contributed by atoms with E-state index in [-0.39, 0.29) is 31.2 Å². The minimum Gasteiger partial charge on any atom is -0.446 e. The molecular weight excluding hydrogens is 602 g/mol. The van der Waals surface area contributed by atoms with Gasteiger partial charge in [0.1, 0.15) is 19.0 Å². The molecule has 0 aromatic carbocycles. The van der Waals surface area contributed by atoms with Gasteiger partial charge >= 0.3 is 6.09 Å². The fourth-order valence-electron chi connectivity index (χ4n) is 5.81. The summed E-state index contributed by atoms with van der Waals surface area (Å²) in [6, 6.07) is 0. The van der Waals surface area contributed by atoms with Gasteiger partial charge in [-0.15, -0.1) is 0 Å². The summed E-state index contributed by atoms with van der Waals surface area (Å²) in [4.78, 5) is 29.8. The highest BCUT2D eigenvalue weighted by Crippen LogP contribution is 2.43. The lowest BCUT2D eigenvalue weighted by Crippen LogP contribution is -2.63. The fourth-order valence-corrected chi connectivity index (χ4v) is 7.06. The monoisotopic (exact) mass is 655 g/mol. The van der Waals surface area contributed by atoms with E-state index in [1.807, 2.05) is 13.8 Å². The fraction of sp³-hybridized carbons (Fsp3) is 0.774. The largest absolute Gasteiger partial charge is 0.446 e. The summed E-state index contributed by atoms with van der Waals surface area (Å²) in [5.74, 6) is -2.28. The van der Waals surface area contributed by atoms with Crippen molar-refractivity contribution in [3.63, 3.8) is 0 Å². The van der Waals surface area contributed by atoms with Gasteiger partial charge in [0.05, 0.1) is 24.4 Å². The predicted octanol–water partition coefficient (Wildman–Crippen LogP) is 3.47. The van der Waals surface area contributed by atoms with Crippen LogP contribution in [-0.4, -0.2) is 112 Å². The van der Waals surface area contributed by atoms with Crippen molar-refractivity contribution in [3.05, 3.63) is 30.9 Å². The van der Waals surface area contributed by atoms with E-state index in [0.29, 0.717) is 12.8 Å². The van der Waals surface area contributed by atoms with Crippen LogP contribution in [0, 0.1) is 11.3 Å². The minimum absolute atomic E-state index is 0.00820. The Balaban J connectivity index is 1.79. The number of nitrogens with one attached hydrogen (secondary N) is 1. The maximum atomic E-state index is 13.5. The molecule has 3 rings (SSSR count). The van der Waals surface area contributed by atoms with Gasteiger partial charge in [-0.3, -0.25) is 4.79 Å². The Morgan fingerprint density at radius 3 is 2.44 bits per heavy atom. The molecule has 1 aromatic rings. The number of methoxy groups -OCH3 is 3. The first-order valence-electron chi connectivity index (χ1n) is 15.4. The molecule has 1 unspecified atom stereocenters. The van der Waals surface area contributed by atoms with Gasteiger partial charge in [0, 0.05) is 64.3 Å². The summed E-state index contributed by atoms with van der Waals surface area (Å²) in [5, 5.41) is 14.0. The van der Waals surface area contributed by atoms with Gasteiger partial charge in [0.15, 0.2) is 20.6 Å². The molecule has 2 fully saturated rings. The third kappa shape index (κ3) is 9.01. The van der Waals surface area contributed by atoms with Gasteiger partial charge in [0.2, 0.25) is 5.79 Å². The van der Waals surface area contributed by atoms with E-state index in [2.05, 4.69) is 50.4 Å². The number of ether oxygens (including phenoxy) is 6. The van der Waals surface area contributed by atoms with Crippen LogP contribution in [0.2, 0.25) is 19.6 Å². The molecule has 0 saturated carbocycles. The van der Waals surface area contributed by atoms with E-state index >= 15 is 0 Å². The highest BCUT2D eigenvalue weighted by Gasteiger charge is 2.52. The molecular formula is C31H53N3O10Si. The van der Waals surface area contributed by atoms with E-state index in [1.165, 1.54) is 37.5 Å². The third-order valence-corrected chi connectivity index (χ3v) is 9.94. The van der Waals surface area contributed by atoms with Crippen LogP contribution in [0.1, 0.15) is 47.0 Å². The topological polar surface area (TPSA) is 149 Å². The molecule has 45 heavy (non-hydrogen) atoms. The average Bonchev–Trinajstić information content (AvgIpc) is 3.52. The first-order chi connectivity index (χ1) is 21.0. The standard InChI is InChI=1S/C31H53N3O10Si/c1-19-16-31(40-8,43-21(3)20(19)2)26(35)27(36)33-28(39-7)23-15-25(44-45(9,10)11)30(4,5)24(42-23)14-22(38-6)17-41-29(37)34-13-12-32-18-34/h12-13,18,20-26,28,35H,1,14-17H2,2-11H3,(H,33,36)/t20-,21-,22+,23+,24-,25?,26-,28+,31-/m1/s1. The molecule has 1 amide bonds. The first-order valence-corrected chi connectivity index (χ1v) is 18.8. The number of carbonyl (C=O) groups is 2. The summed E-state index contributed by atoms with van der Waals surface area (Å²) in [6.45, 7) is 18.4.